The van der Waals surface area contributed by atoms with Gasteiger partial charge in [-0.25, -0.2) is 4.79 Å². The summed E-state index contributed by atoms with van der Waals surface area (Å²) >= 11 is 0. The molecule has 3 aromatic rings. The molecule has 0 aliphatic rings. The normalized spacial score (nSPS) is 10.3. The van der Waals surface area contributed by atoms with Gasteiger partial charge in [0.25, 0.3) is 5.91 Å². The number of carboxylic acids is 1. The summed E-state index contributed by atoms with van der Waals surface area (Å²) < 4.78 is 10.5. The van der Waals surface area contributed by atoms with Gasteiger partial charge in [0, 0.05) is 17.2 Å². The molecule has 0 unspecified atom stereocenters. The van der Waals surface area contributed by atoms with Crippen molar-refractivity contribution >= 4 is 17.6 Å². The van der Waals surface area contributed by atoms with Gasteiger partial charge in [0.15, 0.2) is 0 Å². The number of carbonyl (C=O) groups excluding carboxylic acids is 1. The number of hydrogen-bond acceptors (Lipinski definition) is 4. The van der Waals surface area contributed by atoms with Crippen molar-refractivity contribution in [2.24, 2.45) is 0 Å². The fourth-order valence-electron chi connectivity index (χ4n) is 2.35. The first kappa shape index (κ1) is 16.3. The van der Waals surface area contributed by atoms with Crippen molar-refractivity contribution in [2.45, 2.75) is 0 Å². The Kier molecular flexibility index (Phi) is 4.52. The minimum absolute atomic E-state index is 0.175. The molecule has 2 N–H and O–H groups in total. The van der Waals surface area contributed by atoms with E-state index in [1.807, 2.05) is 6.07 Å². The number of aromatic carboxylic acids is 1. The molecule has 0 saturated heterocycles. The molecule has 0 saturated carbocycles. The SMILES string of the molecule is COc1ccc(-c2ccc(C(=O)O)o2)c(NC(=O)c2ccccc2)c1. The molecular formula is C19H15NO5. The van der Waals surface area contributed by atoms with E-state index in [-0.39, 0.29) is 11.7 Å². The Morgan fingerprint density at radius 2 is 1.80 bits per heavy atom. The molecule has 1 heterocycles. The second-order valence-electron chi connectivity index (χ2n) is 5.20. The minimum atomic E-state index is -1.16. The second-order valence-corrected chi connectivity index (χ2v) is 5.20. The number of carbonyl (C=O) groups is 2. The average molecular weight is 337 g/mol. The van der Waals surface area contributed by atoms with E-state index in [2.05, 4.69) is 5.32 Å². The van der Waals surface area contributed by atoms with Crippen molar-refractivity contribution < 1.29 is 23.8 Å². The molecule has 3 rings (SSSR count). The zero-order chi connectivity index (χ0) is 17.8. The number of furan rings is 1. The third kappa shape index (κ3) is 3.53. The molecule has 6 heteroatoms. The highest BCUT2D eigenvalue weighted by molar-refractivity contribution is 6.06. The first-order chi connectivity index (χ1) is 12.1. The molecule has 126 valence electrons. The van der Waals surface area contributed by atoms with E-state index in [0.29, 0.717) is 28.3 Å². The van der Waals surface area contributed by atoms with Crippen LogP contribution in [-0.4, -0.2) is 24.1 Å². The molecule has 0 spiro atoms. The van der Waals surface area contributed by atoms with Crippen LogP contribution >= 0.6 is 0 Å². The van der Waals surface area contributed by atoms with Gasteiger partial charge in [0.05, 0.1) is 12.8 Å². The minimum Gasteiger partial charge on any atom is -0.497 e. The van der Waals surface area contributed by atoms with Crippen molar-refractivity contribution in [3.63, 3.8) is 0 Å². The Morgan fingerprint density at radius 1 is 1.04 bits per heavy atom. The molecule has 0 atom stereocenters. The van der Waals surface area contributed by atoms with E-state index in [0.717, 1.165) is 0 Å². The Bertz CT molecular complexity index is 915. The highest BCUT2D eigenvalue weighted by Crippen LogP contribution is 2.33. The van der Waals surface area contributed by atoms with Gasteiger partial charge in [-0.2, -0.15) is 0 Å². The number of nitrogens with one attached hydrogen (secondary N) is 1. The van der Waals surface area contributed by atoms with Crippen LogP contribution in [0.3, 0.4) is 0 Å². The fourth-order valence-corrected chi connectivity index (χ4v) is 2.35. The third-order valence-corrected chi connectivity index (χ3v) is 3.59. The van der Waals surface area contributed by atoms with E-state index in [9.17, 15) is 9.59 Å². The van der Waals surface area contributed by atoms with Crippen LogP contribution in [0.15, 0.2) is 65.1 Å². The number of anilines is 1. The predicted molar refractivity (Wildman–Crippen MR) is 92.1 cm³/mol. The Morgan fingerprint density at radius 3 is 2.44 bits per heavy atom. The zero-order valence-corrected chi connectivity index (χ0v) is 13.4. The summed E-state index contributed by atoms with van der Waals surface area (Å²) in [5.41, 5.74) is 1.51. The van der Waals surface area contributed by atoms with Crippen molar-refractivity contribution in [1.82, 2.24) is 0 Å². The van der Waals surface area contributed by atoms with Crippen LogP contribution in [0, 0.1) is 0 Å². The second kappa shape index (κ2) is 6.92. The third-order valence-electron chi connectivity index (χ3n) is 3.59. The number of hydrogen-bond donors (Lipinski definition) is 2. The van der Waals surface area contributed by atoms with Crippen LogP contribution < -0.4 is 10.1 Å². The molecule has 0 radical (unpaired) electrons. The summed E-state index contributed by atoms with van der Waals surface area (Å²) in [7, 11) is 1.52. The van der Waals surface area contributed by atoms with Crippen LogP contribution in [0.2, 0.25) is 0 Å². The molecule has 25 heavy (non-hydrogen) atoms. The standard InChI is InChI=1S/C19H15NO5/c1-24-13-7-8-14(16-9-10-17(25-16)19(22)23)15(11-13)20-18(21)12-5-3-2-4-6-12/h2-11H,1H3,(H,20,21)(H,22,23). The van der Waals surface area contributed by atoms with Crippen molar-refractivity contribution in [3.05, 3.63) is 72.0 Å². The van der Waals surface area contributed by atoms with Crippen LogP contribution in [0.1, 0.15) is 20.9 Å². The maximum atomic E-state index is 12.4. The van der Waals surface area contributed by atoms with Gasteiger partial charge in [-0.3, -0.25) is 4.79 Å². The van der Waals surface area contributed by atoms with Crippen LogP contribution in [0.4, 0.5) is 5.69 Å². The number of carboxylic acid groups (broad SMARTS) is 1. The van der Waals surface area contributed by atoms with E-state index >= 15 is 0 Å². The zero-order valence-electron chi connectivity index (χ0n) is 13.4. The lowest BCUT2D eigenvalue weighted by Gasteiger charge is -2.11. The molecule has 0 fully saturated rings. The summed E-state index contributed by atoms with van der Waals surface area (Å²) in [5, 5.41) is 11.8. The largest absolute Gasteiger partial charge is 0.497 e. The molecule has 6 nitrogen and oxygen atoms in total. The first-order valence-corrected chi connectivity index (χ1v) is 7.46. The Hall–Kier alpha value is -3.54. The van der Waals surface area contributed by atoms with Crippen LogP contribution in [0.25, 0.3) is 11.3 Å². The molecule has 0 aliphatic heterocycles. The van der Waals surface area contributed by atoms with Gasteiger partial charge in [-0.05, 0) is 36.4 Å². The van der Waals surface area contributed by atoms with Crippen molar-refractivity contribution in [1.29, 1.82) is 0 Å². The van der Waals surface area contributed by atoms with E-state index in [4.69, 9.17) is 14.3 Å². The highest BCUT2D eigenvalue weighted by Gasteiger charge is 2.16. The van der Waals surface area contributed by atoms with Gasteiger partial charge in [0.2, 0.25) is 5.76 Å². The highest BCUT2D eigenvalue weighted by atomic mass is 16.5. The van der Waals surface area contributed by atoms with Gasteiger partial charge >= 0.3 is 5.97 Å². The quantitative estimate of drug-likeness (QED) is 0.737. The molecule has 1 amide bonds. The lowest BCUT2D eigenvalue weighted by molar-refractivity contribution is 0.0663. The van der Waals surface area contributed by atoms with E-state index in [1.165, 1.54) is 13.2 Å². The number of rotatable bonds is 5. The van der Waals surface area contributed by atoms with Gasteiger partial charge in [0.1, 0.15) is 11.5 Å². The van der Waals surface area contributed by atoms with E-state index in [1.54, 1.807) is 48.5 Å². The maximum absolute atomic E-state index is 12.4. The van der Waals surface area contributed by atoms with Crippen molar-refractivity contribution in [2.75, 3.05) is 12.4 Å². The van der Waals surface area contributed by atoms with Gasteiger partial charge < -0.3 is 19.6 Å². The monoisotopic (exact) mass is 337 g/mol. The summed E-state index contributed by atoms with van der Waals surface area (Å²) in [6.07, 6.45) is 0. The maximum Gasteiger partial charge on any atom is 0.371 e. The molecule has 0 bridgehead atoms. The molecular weight excluding hydrogens is 322 g/mol. The van der Waals surface area contributed by atoms with Crippen LogP contribution in [0.5, 0.6) is 5.75 Å². The smallest absolute Gasteiger partial charge is 0.371 e. The molecule has 1 aromatic heterocycles. The number of benzene rings is 2. The van der Waals surface area contributed by atoms with Crippen molar-refractivity contribution in [3.8, 4) is 17.1 Å². The van der Waals surface area contributed by atoms with Gasteiger partial charge in [-0.1, -0.05) is 18.2 Å². The van der Waals surface area contributed by atoms with Gasteiger partial charge in [-0.15, -0.1) is 0 Å². The molecule has 0 aliphatic carbocycles. The van der Waals surface area contributed by atoms with E-state index < -0.39 is 5.97 Å². The lowest BCUT2D eigenvalue weighted by Crippen LogP contribution is -2.12. The number of amides is 1. The summed E-state index contributed by atoms with van der Waals surface area (Å²) in [6, 6.07) is 16.7. The number of methoxy groups -OCH3 is 1. The number of ether oxygens (including phenoxy) is 1. The topological polar surface area (TPSA) is 88.8 Å². The predicted octanol–water partition coefficient (Wildman–Crippen LogP) is 3.91. The summed E-state index contributed by atoms with van der Waals surface area (Å²) in [5.74, 6) is -0.735. The molecule has 2 aromatic carbocycles. The fraction of sp³-hybridized carbons (Fsp3) is 0.0526. The summed E-state index contributed by atoms with van der Waals surface area (Å²) in [4.78, 5) is 23.4. The van der Waals surface area contributed by atoms with Crippen LogP contribution in [-0.2, 0) is 0 Å². The Balaban J connectivity index is 1.98. The first-order valence-electron chi connectivity index (χ1n) is 7.46. The average Bonchev–Trinajstić information content (AvgIpc) is 3.12. The summed E-state index contributed by atoms with van der Waals surface area (Å²) in [6.45, 7) is 0. The Labute approximate surface area is 143 Å². The lowest BCUT2D eigenvalue weighted by atomic mass is 10.1.